The van der Waals surface area contributed by atoms with Gasteiger partial charge in [0.15, 0.2) is 5.96 Å². The lowest BCUT2D eigenvalue weighted by Crippen LogP contribution is -2.48. The van der Waals surface area contributed by atoms with E-state index in [9.17, 15) is 0 Å². The quantitative estimate of drug-likeness (QED) is 0.444. The minimum Gasteiger partial charge on any atom is -0.357 e. The first-order chi connectivity index (χ1) is 9.31. The SMILES string of the molecule is CCNC(=NCCCCSC)N1CCSC(CC)C1. The Hall–Kier alpha value is -0.0300. The molecule has 0 spiro atoms. The summed E-state index contributed by atoms with van der Waals surface area (Å²) in [6.07, 6.45) is 5.91. The number of aliphatic imine (C=N–C) groups is 1. The molecule has 1 rings (SSSR count). The van der Waals surface area contributed by atoms with E-state index in [-0.39, 0.29) is 0 Å². The van der Waals surface area contributed by atoms with Gasteiger partial charge in [-0.15, -0.1) is 0 Å². The van der Waals surface area contributed by atoms with Gasteiger partial charge in [-0.1, -0.05) is 6.92 Å². The van der Waals surface area contributed by atoms with Gasteiger partial charge < -0.3 is 10.2 Å². The second-order valence-electron chi connectivity index (χ2n) is 4.78. The summed E-state index contributed by atoms with van der Waals surface area (Å²) in [5.41, 5.74) is 0. The van der Waals surface area contributed by atoms with E-state index in [0.29, 0.717) is 0 Å². The van der Waals surface area contributed by atoms with Gasteiger partial charge in [0.05, 0.1) is 0 Å². The van der Waals surface area contributed by atoms with Crippen LogP contribution in [0.25, 0.3) is 0 Å². The Balaban J connectivity index is 2.43. The summed E-state index contributed by atoms with van der Waals surface area (Å²) in [5.74, 6) is 3.62. The molecule has 3 nitrogen and oxygen atoms in total. The highest BCUT2D eigenvalue weighted by atomic mass is 32.2. The molecule has 0 amide bonds. The molecule has 0 radical (unpaired) electrons. The fourth-order valence-corrected chi connectivity index (χ4v) is 3.80. The second-order valence-corrected chi connectivity index (χ2v) is 7.18. The monoisotopic (exact) mass is 303 g/mol. The van der Waals surface area contributed by atoms with Crippen LogP contribution < -0.4 is 5.32 Å². The number of unbranched alkanes of at least 4 members (excludes halogenated alkanes) is 1. The number of hydrogen-bond donors (Lipinski definition) is 1. The Morgan fingerprint density at radius 3 is 2.95 bits per heavy atom. The molecule has 0 aliphatic carbocycles. The molecule has 1 aliphatic heterocycles. The van der Waals surface area contributed by atoms with E-state index in [1.54, 1.807) is 0 Å². The van der Waals surface area contributed by atoms with Crippen molar-refractivity contribution in [3.05, 3.63) is 0 Å². The van der Waals surface area contributed by atoms with Crippen molar-refractivity contribution >= 4 is 29.5 Å². The largest absolute Gasteiger partial charge is 0.357 e. The average molecular weight is 304 g/mol. The molecule has 1 saturated heterocycles. The van der Waals surface area contributed by atoms with Crippen LogP contribution in [0.5, 0.6) is 0 Å². The third-order valence-corrected chi connectivity index (χ3v) is 5.32. The molecule has 5 heteroatoms. The van der Waals surface area contributed by atoms with Crippen LogP contribution >= 0.6 is 23.5 Å². The molecule has 0 bridgehead atoms. The third-order valence-electron chi connectivity index (χ3n) is 3.25. The first-order valence-corrected chi connectivity index (χ1v) is 9.89. The minimum atomic E-state index is 0.772. The van der Waals surface area contributed by atoms with E-state index in [0.717, 1.165) is 37.4 Å². The number of rotatable bonds is 7. The Labute approximate surface area is 127 Å². The molecule has 112 valence electrons. The van der Waals surface area contributed by atoms with Crippen LogP contribution in [-0.4, -0.2) is 60.0 Å². The maximum Gasteiger partial charge on any atom is 0.193 e. The first kappa shape index (κ1) is 17.0. The van der Waals surface area contributed by atoms with Gasteiger partial charge in [-0.3, -0.25) is 4.99 Å². The maximum absolute atomic E-state index is 4.79. The zero-order valence-corrected chi connectivity index (χ0v) is 14.3. The number of guanidine groups is 1. The fraction of sp³-hybridized carbons (Fsp3) is 0.929. The van der Waals surface area contributed by atoms with Crippen molar-refractivity contribution in [3.63, 3.8) is 0 Å². The highest BCUT2D eigenvalue weighted by molar-refractivity contribution is 8.00. The molecule has 1 N–H and O–H groups in total. The molecule has 1 heterocycles. The van der Waals surface area contributed by atoms with E-state index < -0.39 is 0 Å². The predicted octanol–water partition coefficient (Wildman–Crippen LogP) is 2.92. The molecule has 0 aromatic heterocycles. The summed E-state index contributed by atoms with van der Waals surface area (Å²) >= 11 is 4.03. The summed E-state index contributed by atoms with van der Waals surface area (Å²) in [6, 6.07) is 0. The lowest BCUT2D eigenvalue weighted by atomic mass is 10.3. The molecule has 1 fully saturated rings. The van der Waals surface area contributed by atoms with Gasteiger partial charge in [-0.05, 0) is 38.2 Å². The Morgan fingerprint density at radius 1 is 1.42 bits per heavy atom. The van der Waals surface area contributed by atoms with E-state index in [2.05, 4.69) is 42.1 Å². The second kappa shape index (κ2) is 10.7. The molecule has 1 atom stereocenters. The van der Waals surface area contributed by atoms with E-state index >= 15 is 0 Å². The lowest BCUT2D eigenvalue weighted by molar-refractivity contribution is 0.408. The van der Waals surface area contributed by atoms with Crippen molar-refractivity contribution in [2.75, 3.05) is 43.9 Å². The van der Waals surface area contributed by atoms with Crippen LogP contribution in [0.4, 0.5) is 0 Å². The fourth-order valence-electron chi connectivity index (χ4n) is 2.13. The Bertz CT molecular complexity index is 259. The summed E-state index contributed by atoms with van der Waals surface area (Å²) in [6.45, 7) is 8.65. The molecule has 0 saturated carbocycles. The van der Waals surface area contributed by atoms with Crippen molar-refractivity contribution in [2.24, 2.45) is 4.99 Å². The Kier molecular flexibility index (Phi) is 9.61. The minimum absolute atomic E-state index is 0.772. The van der Waals surface area contributed by atoms with Gasteiger partial charge in [0.25, 0.3) is 0 Å². The van der Waals surface area contributed by atoms with Crippen LogP contribution in [0.3, 0.4) is 0 Å². The average Bonchev–Trinajstić information content (AvgIpc) is 2.46. The number of thioether (sulfide) groups is 2. The predicted molar refractivity (Wildman–Crippen MR) is 91.7 cm³/mol. The standard InChI is InChI=1S/C14H29N3S2/c1-4-13-12-17(9-11-19-13)14(15-5-2)16-8-6-7-10-18-3/h13H,4-12H2,1-3H3,(H,15,16). The van der Waals surface area contributed by atoms with Crippen LogP contribution in [-0.2, 0) is 0 Å². The molecule has 0 aromatic carbocycles. The van der Waals surface area contributed by atoms with Gasteiger partial charge in [0.2, 0.25) is 0 Å². The van der Waals surface area contributed by atoms with Crippen molar-refractivity contribution in [3.8, 4) is 0 Å². The molecular weight excluding hydrogens is 274 g/mol. The molecule has 19 heavy (non-hydrogen) atoms. The topological polar surface area (TPSA) is 27.6 Å². The number of nitrogens with zero attached hydrogens (tertiary/aromatic N) is 2. The zero-order chi connectivity index (χ0) is 13.9. The first-order valence-electron chi connectivity index (χ1n) is 7.45. The van der Waals surface area contributed by atoms with Crippen LogP contribution in [0.2, 0.25) is 0 Å². The normalized spacial score (nSPS) is 20.7. The highest BCUT2D eigenvalue weighted by Crippen LogP contribution is 2.21. The Morgan fingerprint density at radius 2 is 2.26 bits per heavy atom. The smallest absolute Gasteiger partial charge is 0.193 e. The molecular formula is C14H29N3S2. The van der Waals surface area contributed by atoms with Crippen molar-refractivity contribution < 1.29 is 0 Å². The highest BCUT2D eigenvalue weighted by Gasteiger charge is 2.21. The van der Waals surface area contributed by atoms with E-state index in [4.69, 9.17) is 4.99 Å². The molecule has 1 unspecified atom stereocenters. The van der Waals surface area contributed by atoms with E-state index in [1.165, 1.54) is 30.8 Å². The van der Waals surface area contributed by atoms with Crippen molar-refractivity contribution in [1.82, 2.24) is 10.2 Å². The van der Waals surface area contributed by atoms with Crippen LogP contribution in [0.1, 0.15) is 33.1 Å². The third kappa shape index (κ3) is 6.80. The summed E-state index contributed by atoms with van der Waals surface area (Å²) < 4.78 is 0. The maximum atomic E-state index is 4.79. The van der Waals surface area contributed by atoms with E-state index in [1.807, 2.05) is 11.8 Å². The van der Waals surface area contributed by atoms with Crippen LogP contribution in [0.15, 0.2) is 4.99 Å². The van der Waals surface area contributed by atoms with Crippen molar-refractivity contribution in [1.29, 1.82) is 0 Å². The number of hydrogen-bond acceptors (Lipinski definition) is 3. The molecule has 1 aliphatic rings. The van der Waals surface area contributed by atoms with Gasteiger partial charge in [0, 0.05) is 37.2 Å². The van der Waals surface area contributed by atoms with Gasteiger partial charge in [0.1, 0.15) is 0 Å². The zero-order valence-electron chi connectivity index (χ0n) is 12.7. The summed E-state index contributed by atoms with van der Waals surface area (Å²) in [4.78, 5) is 7.24. The van der Waals surface area contributed by atoms with Crippen LogP contribution in [0, 0.1) is 0 Å². The van der Waals surface area contributed by atoms with Gasteiger partial charge in [-0.25, -0.2) is 0 Å². The summed E-state index contributed by atoms with van der Waals surface area (Å²) in [7, 11) is 0. The van der Waals surface area contributed by atoms with Gasteiger partial charge in [-0.2, -0.15) is 23.5 Å². The molecule has 0 aromatic rings. The lowest BCUT2D eigenvalue weighted by Gasteiger charge is -2.34. The summed E-state index contributed by atoms with van der Waals surface area (Å²) in [5, 5.41) is 4.22. The van der Waals surface area contributed by atoms with Gasteiger partial charge >= 0.3 is 0 Å². The number of nitrogens with one attached hydrogen (secondary N) is 1. The van der Waals surface area contributed by atoms with Crippen molar-refractivity contribution in [2.45, 2.75) is 38.4 Å².